The number of carbonyl (C=O) groups is 1. The number of anilines is 2. The van der Waals surface area contributed by atoms with E-state index < -0.39 is 15.9 Å². The Hall–Kier alpha value is -3.24. The zero-order valence-electron chi connectivity index (χ0n) is 17.5. The Bertz CT molecular complexity index is 1190. The minimum absolute atomic E-state index is 0.0613. The lowest BCUT2D eigenvalue weighted by Gasteiger charge is -2.14. The van der Waals surface area contributed by atoms with Crippen LogP contribution in [0.15, 0.2) is 70.0 Å². The fraction of sp³-hybridized carbons (Fsp3) is 0.136. The summed E-state index contributed by atoms with van der Waals surface area (Å²) in [6.45, 7) is 0. The van der Waals surface area contributed by atoms with Gasteiger partial charge in [-0.05, 0) is 60.7 Å². The van der Waals surface area contributed by atoms with Crippen molar-refractivity contribution in [2.24, 2.45) is 0 Å². The van der Waals surface area contributed by atoms with Gasteiger partial charge in [0.05, 0.1) is 26.2 Å². The van der Waals surface area contributed by atoms with Crippen LogP contribution in [-0.4, -0.2) is 35.7 Å². The molecule has 0 unspecified atom stereocenters. The summed E-state index contributed by atoms with van der Waals surface area (Å²) in [4.78, 5) is 12.8. The second-order valence-corrected chi connectivity index (χ2v) is 9.10. The summed E-state index contributed by atoms with van der Waals surface area (Å²) < 4.78 is 44.3. The van der Waals surface area contributed by atoms with Crippen molar-refractivity contribution >= 4 is 43.2 Å². The van der Waals surface area contributed by atoms with Gasteiger partial charge >= 0.3 is 0 Å². The topological polar surface area (TPSA) is 103 Å². The van der Waals surface area contributed by atoms with Crippen LogP contribution in [0.25, 0.3) is 0 Å². The van der Waals surface area contributed by atoms with Crippen molar-refractivity contribution in [3.8, 4) is 17.2 Å². The van der Waals surface area contributed by atoms with Crippen LogP contribution in [0.5, 0.6) is 17.2 Å². The van der Waals surface area contributed by atoms with Crippen LogP contribution in [0, 0.1) is 0 Å². The van der Waals surface area contributed by atoms with E-state index in [0.717, 1.165) is 4.47 Å². The van der Waals surface area contributed by atoms with Crippen molar-refractivity contribution < 1.29 is 27.4 Å². The smallest absolute Gasteiger partial charge is 0.261 e. The molecular weight excluding hydrogens is 500 g/mol. The van der Waals surface area contributed by atoms with E-state index in [9.17, 15) is 13.2 Å². The maximum absolute atomic E-state index is 12.7. The molecule has 0 radical (unpaired) electrons. The number of ether oxygens (including phenoxy) is 3. The van der Waals surface area contributed by atoms with E-state index in [-0.39, 0.29) is 10.5 Å². The van der Waals surface area contributed by atoms with Gasteiger partial charge in [-0.1, -0.05) is 15.9 Å². The Balaban J connectivity index is 1.77. The largest absolute Gasteiger partial charge is 0.493 e. The second kappa shape index (κ2) is 9.92. The van der Waals surface area contributed by atoms with E-state index in [2.05, 4.69) is 26.0 Å². The molecule has 0 saturated carbocycles. The first-order chi connectivity index (χ1) is 15.3. The normalized spacial score (nSPS) is 10.9. The minimum atomic E-state index is -3.77. The molecule has 168 valence electrons. The van der Waals surface area contributed by atoms with Gasteiger partial charge in [0.1, 0.15) is 0 Å². The highest BCUT2D eigenvalue weighted by Crippen LogP contribution is 2.38. The SMILES string of the molecule is COc1cc(C(=O)Nc2ccc(S(=O)(=O)Nc3ccc(Br)cc3)cc2)cc(OC)c1OC. The molecule has 1 amide bonds. The van der Waals surface area contributed by atoms with E-state index >= 15 is 0 Å². The van der Waals surface area contributed by atoms with Crippen molar-refractivity contribution in [3.63, 3.8) is 0 Å². The number of sulfonamides is 1. The number of rotatable bonds is 8. The molecule has 3 aromatic carbocycles. The molecule has 32 heavy (non-hydrogen) atoms. The monoisotopic (exact) mass is 520 g/mol. The lowest BCUT2D eigenvalue weighted by atomic mass is 10.1. The third-order valence-electron chi connectivity index (χ3n) is 4.45. The van der Waals surface area contributed by atoms with Gasteiger partial charge in [-0.25, -0.2) is 8.42 Å². The number of amides is 1. The summed E-state index contributed by atoms with van der Waals surface area (Å²) in [6, 6.07) is 15.6. The number of methoxy groups -OCH3 is 3. The van der Waals surface area contributed by atoms with Crippen molar-refractivity contribution in [2.45, 2.75) is 4.90 Å². The van der Waals surface area contributed by atoms with Crippen LogP contribution in [0.1, 0.15) is 10.4 Å². The van der Waals surface area contributed by atoms with Gasteiger partial charge in [-0.2, -0.15) is 0 Å². The zero-order valence-corrected chi connectivity index (χ0v) is 19.9. The number of benzene rings is 3. The molecule has 0 aromatic heterocycles. The standard InChI is InChI=1S/C22H21BrN2O6S/c1-29-19-12-14(13-20(30-2)21(19)31-3)22(26)24-16-8-10-18(11-9-16)32(27,28)25-17-6-4-15(23)5-7-17/h4-13,25H,1-3H3,(H,24,26). The van der Waals surface area contributed by atoms with Crippen molar-refractivity contribution in [1.29, 1.82) is 0 Å². The molecule has 0 aliphatic heterocycles. The Morgan fingerprint density at radius 1 is 0.812 bits per heavy atom. The summed E-state index contributed by atoms with van der Waals surface area (Å²) in [5.41, 5.74) is 1.15. The van der Waals surface area contributed by atoms with Gasteiger partial charge in [0.15, 0.2) is 11.5 Å². The summed E-state index contributed by atoms with van der Waals surface area (Å²) >= 11 is 3.31. The number of hydrogen-bond acceptors (Lipinski definition) is 6. The molecule has 0 fully saturated rings. The quantitative estimate of drug-likeness (QED) is 0.452. The van der Waals surface area contributed by atoms with Crippen LogP contribution in [0.3, 0.4) is 0 Å². The molecule has 2 N–H and O–H groups in total. The molecule has 8 nitrogen and oxygen atoms in total. The van der Waals surface area contributed by atoms with Crippen LogP contribution in [0.2, 0.25) is 0 Å². The molecular formula is C22H21BrN2O6S. The van der Waals surface area contributed by atoms with E-state index in [4.69, 9.17) is 14.2 Å². The van der Waals surface area contributed by atoms with Crippen molar-refractivity contribution in [3.05, 3.63) is 70.7 Å². The fourth-order valence-electron chi connectivity index (χ4n) is 2.86. The number of carbonyl (C=O) groups excluding carboxylic acids is 1. The van der Waals surface area contributed by atoms with Crippen LogP contribution in [-0.2, 0) is 10.0 Å². The Kier molecular flexibility index (Phi) is 7.26. The summed E-state index contributed by atoms with van der Waals surface area (Å²) in [6.07, 6.45) is 0. The fourth-order valence-corrected chi connectivity index (χ4v) is 4.19. The molecule has 0 aliphatic carbocycles. The van der Waals surface area contributed by atoms with E-state index in [1.54, 1.807) is 24.3 Å². The second-order valence-electron chi connectivity index (χ2n) is 6.50. The average Bonchev–Trinajstić information content (AvgIpc) is 2.79. The first kappa shape index (κ1) is 23.4. The van der Waals surface area contributed by atoms with E-state index in [1.807, 2.05) is 0 Å². The van der Waals surface area contributed by atoms with Crippen molar-refractivity contribution in [2.75, 3.05) is 31.4 Å². The van der Waals surface area contributed by atoms with Gasteiger partial charge < -0.3 is 19.5 Å². The Labute approximate surface area is 194 Å². The maximum atomic E-state index is 12.7. The lowest BCUT2D eigenvalue weighted by molar-refractivity contribution is 0.102. The lowest BCUT2D eigenvalue weighted by Crippen LogP contribution is -2.14. The highest BCUT2D eigenvalue weighted by atomic mass is 79.9. The number of nitrogens with one attached hydrogen (secondary N) is 2. The van der Waals surface area contributed by atoms with Crippen molar-refractivity contribution in [1.82, 2.24) is 0 Å². The average molecular weight is 521 g/mol. The van der Waals surface area contributed by atoms with Gasteiger partial charge in [0, 0.05) is 21.4 Å². The maximum Gasteiger partial charge on any atom is 0.261 e. The number of halogens is 1. The first-order valence-corrected chi connectivity index (χ1v) is 11.5. The predicted octanol–water partition coefficient (Wildman–Crippen LogP) is 4.53. The van der Waals surface area contributed by atoms with Gasteiger partial charge in [-0.15, -0.1) is 0 Å². The Morgan fingerprint density at radius 3 is 1.84 bits per heavy atom. The summed E-state index contributed by atoms with van der Waals surface area (Å²) in [5.74, 6) is 0.641. The summed E-state index contributed by atoms with van der Waals surface area (Å²) in [7, 11) is 0.617. The number of hydrogen-bond donors (Lipinski definition) is 2. The first-order valence-electron chi connectivity index (χ1n) is 9.27. The molecule has 10 heteroatoms. The van der Waals surface area contributed by atoms with Crippen LogP contribution in [0.4, 0.5) is 11.4 Å². The molecule has 0 aliphatic rings. The van der Waals surface area contributed by atoms with Gasteiger partial charge in [-0.3, -0.25) is 9.52 Å². The Morgan fingerprint density at radius 2 is 1.34 bits per heavy atom. The molecule has 3 rings (SSSR count). The highest BCUT2D eigenvalue weighted by Gasteiger charge is 2.18. The molecule has 3 aromatic rings. The molecule has 0 bridgehead atoms. The molecule has 0 atom stereocenters. The summed E-state index contributed by atoms with van der Waals surface area (Å²) in [5, 5.41) is 2.72. The third kappa shape index (κ3) is 5.32. The van der Waals surface area contributed by atoms with E-state index in [0.29, 0.717) is 28.6 Å². The highest BCUT2D eigenvalue weighted by molar-refractivity contribution is 9.10. The third-order valence-corrected chi connectivity index (χ3v) is 6.37. The molecule has 0 spiro atoms. The van der Waals surface area contributed by atoms with Crippen LogP contribution >= 0.6 is 15.9 Å². The van der Waals surface area contributed by atoms with Crippen LogP contribution < -0.4 is 24.2 Å². The van der Waals surface area contributed by atoms with E-state index in [1.165, 1.54) is 57.7 Å². The molecule has 0 heterocycles. The predicted molar refractivity (Wildman–Crippen MR) is 125 cm³/mol. The van der Waals surface area contributed by atoms with Gasteiger partial charge in [0.25, 0.3) is 15.9 Å². The minimum Gasteiger partial charge on any atom is -0.493 e. The zero-order chi connectivity index (χ0) is 23.3. The van der Waals surface area contributed by atoms with Gasteiger partial charge in [0.2, 0.25) is 5.75 Å². The molecule has 0 saturated heterocycles.